The van der Waals surface area contributed by atoms with E-state index in [1.165, 1.54) is 6.07 Å². The molecule has 0 bridgehead atoms. The van der Waals surface area contributed by atoms with E-state index < -0.39 is 18.2 Å². The molecule has 8 heteroatoms. The standard InChI is InChI=1S/C12H14F3N3O2/c1-11(2-3-11)7-5-8(12(13,14)15)18-9(16-7)4-6(17-18)10(19)20/h4,7-8,16H,2-3,5H2,1H3,(H,19,20). The fourth-order valence-electron chi connectivity index (χ4n) is 2.68. The minimum atomic E-state index is -4.44. The molecule has 2 unspecified atom stereocenters. The second-order valence-corrected chi connectivity index (χ2v) is 5.81. The highest BCUT2D eigenvalue weighted by atomic mass is 19.4. The van der Waals surface area contributed by atoms with Gasteiger partial charge in [-0.2, -0.15) is 18.3 Å². The Morgan fingerprint density at radius 1 is 1.55 bits per heavy atom. The van der Waals surface area contributed by atoms with Gasteiger partial charge in [-0.05, 0) is 24.7 Å². The van der Waals surface area contributed by atoms with Crippen molar-refractivity contribution in [3.8, 4) is 0 Å². The quantitative estimate of drug-likeness (QED) is 0.878. The van der Waals surface area contributed by atoms with Gasteiger partial charge in [0, 0.05) is 12.1 Å². The van der Waals surface area contributed by atoms with Gasteiger partial charge in [-0.15, -0.1) is 0 Å². The van der Waals surface area contributed by atoms with Gasteiger partial charge >= 0.3 is 12.1 Å². The van der Waals surface area contributed by atoms with Crippen LogP contribution in [0.15, 0.2) is 6.07 Å². The summed E-state index contributed by atoms with van der Waals surface area (Å²) in [5, 5.41) is 15.5. The fraction of sp³-hybridized carbons (Fsp3) is 0.667. The van der Waals surface area contributed by atoms with Crippen molar-refractivity contribution in [1.29, 1.82) is 0 Å². The van der Waals surface area contributed by atoms with Crippen molar-refractivity contribution in [3.05, 3.63) is 11.8 Å². The Kier molecular flexibility index (Phi) is 2.58. The molecule has 1 fully saturated rings. The predicted molar refractivity (Wildman–Crippen MR) is 63.6 cm³/mol. The largest absolute Gasteiger partial charge is 0.476 e. The van der Waals surface area contributed by atoms with Crippen LogP contribution in [0, 0.1) is 5.41 Å². The Morgan fingerprint density at radius 2 is 2.20 bits per heavy atom. The Balaban J connectivity index is 2.01. The normalized spacial score (nSPS) is 27.6. The maximum absolute atomic E-state index is 13.2. The molecule has 1 aliphatic carbocycles. The Bertz CT molecular complexity index is 563. The highest BCUT2D eigenvalue weighted by Gasteiger charge is 2.53. The molecule has 3 rings (SSSR count). The van der Waals surface area contributed by atoms with Gasteiger partial charge in [0.25, 0.3) is 0 Å². The highest BCUT2D eigenvalue weighted by Crippen LogP contribution is 2.54. The number of fused-ring (bicyclic) bond motifs is 1. The van der Waals surface area contributed by atoms with Crippen molar-refractivity contribution in [3.63, 3.8) is 0 Å². The van der Waals surface area contributed by atoms with Crippen LogP contribution in [0.25, 0.3) is 0 Å². The van der Waals surface area contributed by atoms with Crippen molar-refractivity contribution in [2.45, 2.75) is 44.4 Å². The van der Waals surface area contributed by atoms with E-state index in [2.05, 4.69) is 10.4 Å². The van der Waals surface area contributed by atoms with Crippen molar-refractivity contribution in [1.82, 2.24) is 9.78 Å². The van der Waals surface area contributed by atoms with Crippen molar-refractivity contribution in [2.24, 2.45) is 5.41 Å². The van der Waals surface area contributed by atoms with Gasteiger partial charge in [-0.3, -0.25) is 0 Å². The molecular weight excluding hydrogens is 275 g/mol. The van der Waals surface area contributed by atoms with Gasteiger partial charge in [0.1, 0.15) is 5.82 Å². The van der Waals surface area contributed by atoms with Crippen molar-refractivity contribution < 1.29 is 23.1 Å². The van der Waals surface area contributed by atoms with Crippen LogP contribution in [0.2, 0.25) is 0 Å². The van der Waals surface area contributed by atoms with Gasteiger partial charge < -0.3 is 10.4 Å². The molecular formula is C12H14F3N3O2. The lowest BCUT2D eigenvalue weighted by atomic mass is 9.90. The summed E-state index contributed by atoms with van der Waals surface area (Å²) < 4.78 is 40.3. The lowest BCUT2D eigenvalue weighted by Gasteiger charge is -2.36. The van der Waals surface area contributed by atoms with Crippen LogP contribution in [0.5, 0.6) is 0 Å². The molecule has 1 aliphatic heterocycles. The molecule has 2 heterocycles. The number of carbonyl (C=O) groups is 1. The van der Waals surface area contributed by atoms with E-state index in [0.717, 1.165) is 17.5 Å². The van der Waals surface area contributed by atoms with Gasteiger partial charge in [-0.1, -0.05) is 6.92 Å². The number of carboxylic acids is 1. The SMILES string of the molecule is CC1(C2CC(C(F)(F)F)n3nc(C(=O)O)cc3N2)CC1. The van der Waals surface area contributed by atoms with E-state index in [0.29, 0.717) is 0 Å². The van der Waals surface area contributed by atoms with Crippen molar-refractivity contribution in [2.75, 3.05) is 5.32 Å². The molecule has 1 aromatic heterocycles. The zero-order valence-electron chi connectivity index (χ0n) is 10.7. The minimum Gasteiger partial charge on any atom is -0.476 e. The van der Waals surface area contributed by atoms with Crippen LogP contribution < -0.4 is 5.32 Å². The molecule has 110 valence electrons. The van der Waals surface area contributed by atoms with E-state index >= 15 is 0 Å². The average Bonchev–Trinajstić information content (AvgIpc) is 2.93. The molecule has 20 heavy (non-hydrogen) atoms. The number of nitrogens with zero attached hydrogens (tertiary/aromatic N) is 2. The summed E-state index contributed by atoms with van der Waals surface area (Å²) in [6.07, 6.45) is -2.79. The molecule has 0 amide bonds. The zero-order chi connectivity index (χ0) is 14.7. The number of nitrogens with one attached hydrogen (secondary N) is 1. The summed E-state index contributed by atoms with van der Waals surface area (Å²) in [5.74, 6) is -1.20. The van der Waals surface area contributed by atoms with E-state index in [-0.39, 0.29) is 29.4 Å². The molecule has 1 aromatic rings. The third-order valence-corrected chi connectivity index (χ3v) is 4.29. The van der Waals surface area contributed by atoms with E-state index in [9.17, 15) is 18.0 Å². The summed E-state index contributed by atoms with van der Waals surface area (Å²) in [4.78, 5) is 10.9. The van der Waals surface area contributed by atoms with Gasteiger partial charge in [0.2, 0.25) is 0 Å². The second kappa shape index (κ2) is 3.89. The molecule has 5 nitrogen and oxygen atoms in total. The number of halogens is 3. The Labute approximate surface area is 112 Å². The number of alkyl halides is 3. The predicted octanol–water partition coefficient (Wildman–Crippen LogP) is 2.67. The summed E-state index contributed by atoms with van der Waals surface area (Å²) >= 11 is 0. The summed E-state index contributed by atoms with van der Waals surface area (Å²) in [6.45, 7) is 1.95. The van der Waals surface area contributed by atoms with Crippen LogP contribution in [-0.4, -0.2) is 33.1 Å². The van der Waals surface area contributed by atoms with E-state index in [4.69, 9.17) is 5.11 Å². The first-order valence-corrected chi connectivity index (χ1v) is 6.37. The molecule has 0 spiro atoms. The second-order valence-electron chi connectivity index (χ2n) is 5.81. The van der Waals surface area contributed by atoms with E-state index in [1.807, 2.05) is 6.92 Å². The van der Waals surface area contributed by atoms with Gasteiger partial charge in [0.15, 0.2) is 11.7 Å². The maximum atomic E-state index is 13.2. The molecule has 2 atom stereocenters. The van der Waals surface area contributed by atoms with E-state index in [1.54, 1.807) is 0 Å². The topological polar surface area (TPSA) is 67.2 Å². The van der Waals surface area contributed by atoms with Gasteiger partial charge in [0.05, 0.1) is 0 Å². The van der Waals surface area contributed by atoms with Crippen LogP contribution >= 0.6 is 0 Å². The van der Waals surface area contributed by atoms with Gasteiger partial charge in [-0.25, -0.2) is 9.48 Å². The fourth-order valence-corrected chi connectivity index (χ4v) is 2.68. The number of hydrogen-bond acceptors (Lipinski definition) is 3. The average molecular weight is 289 g/mol. The molecule has 0 radical (unpaired) electrons. The monoisotopic (exact) mass is 289 g/mol. The summed E-state index contributed by atoms with van der Waals surface area (Å²) in [6, 6.07) is -0.909. The number of aromatic nitrogens is 2. The molecule has 2 N–H and O–H groups in total. The third-order valence-electron chi connectivity index (χ3n) is 4.29. The molecule has 1 saturated carbocycles. The lowest BCUT2D eigenvalue weighted by molar-refractivity contribution is -0.174. The third kappa shape index (κ3) is 2.03. The first kappa shape index (κ1) is 13.3. The summed E-state index contributed by atoms with van der Waals surface area (Å²) in [7, 11) is 0. The smallest absolute Gasteiger partial charge is 0.410 e. The van der Waals surface area contributed by atoms with Crippen LogP contribution in [0.3, 0.4) is 0 Å². The lowest BCUT2D eigenvalue weighted by Crippen LogP contribution is -2.42. The molecule has 2 aliphatic rings. The summed E-state index contributed by atoms with van der Waals surface area (Å²) in [5.41, 5.74) is -0.508. The van der Waals surface area contributed by atoms with Crippen LogP contribution in [0.1, 0.15) is 42.7 Å². The number of aromatic carboxylic acids is 1. The number of anilines is 1. The Morgan fingerprint density at radius 3 is 2.70 bits per heavy atom. The molecule has 0 aromatic carbocycles. The number of rotatable bonds is 2. The first-order valence-electron chi connectivity index (χ1n) is 6.37. The molecule has 0 saturated heterocycles. The highest BCUT2D eigenvalue weighted by molar-refractivity contribution is 5.86. The minimum absolute atomic E-state index is 0.117. The van der Waals surface area contributed by atoms with Crippen molar-refractivity contribution >= 4 is 11.8 Å². The Hall–Kier alpha value is -1.73. The number of carboxylic acid groups (broad SMARTS) is 1. The zero-order valence-corrected chi connectivity index (χ0v) is 10.7. The number of hydrogen-bond donors (Lipinski definition) is 2. The maximum Gasteiger partial charge on any atom is 0.410 e. The van der Waals surface area contributed by atoms with Crippen LogP contribution in [0.4, 0.5) is 19.0 Å². The van der Waals surface area contributed by atoms with Crippen LogP contribution in [-0.2, 0) is 0 Å². The first-order chi connectivity index (χ1) is 9.21.